The lowest BCUT2D eigenvalue weighted by Crippen LogP contribution is -2.18. The van der Waals surface area contributed by atoms with Crippen LogP contribution in [0.2, 0.25) is 0 Å². The molecule has 7 nitrogen and oxygen atoms in total. The lowest BCUT2D eigenvalue weighted by atomic mass is 10.2. The van der Waals surface area contributed by atoms with Crippen LogP contribution in [0.5, 0.6) is 5.75 Å². The third-order valence-electron chi connectivity index (χ3n) is 2.36. The molecule has 0 fully saturated rings. The summed E-state index contributed by atoms with van der Waals surface area (Å²) in [5.41, 5.74) is 0.590. The van der Waals surface area contributed by atoms with Crippen LogP contribution >= 0.6 is 0 Å². The van der Waals surface area contributed by atoms with Crippen LogP contribution in [0.15, 0.2) is 17.0 Å². The highest BCUT2D eigenvalue weighted by Gasteiger charge is 2.21. The number of rotatable bonds is 5. The maximum absolute atomic E-state index is 11.6. The van der Waals surface area contributed by atoms with Crippen molar-refractivity contribution in [3.8, 4) is 5.75 Å². The lowest BCUT2D eigenvalue weighted by molar-refractivity contribution is 0.405. The van der Waals surface area contributed by atoms with E-state index in [1.807, 2.05) is 0 Å². The van der Waals surface area contributed by atoms with Crippen molar-refractivity contribution >= 4 is 25.7 Å². The zero-order valence-corrected chi connectivity index (χ0v) is 12.4. The van der Waals surface area contributed by atoms with Gasteiger partial charge in [-0.3, -0.25) is 4.72 Å². The summed E-state index contributed by atoms with van der Waals surface area (Å²) in [5.74, 6) is -0.264. The summed E-state index contributed by atoms with van der Waals surface area (Å²) in [6, 6.07) is 2.79. The Hall–Kier alpha value is -1.32. The molecule has 0 saturated carbocycles. The summed E-state index contributed by atoms with van der Waals surface area (Å²) < 4.78 is 53.3. The lowest BCUT2D eigenvalue weighted by Gasteiger charge is -2.15. The van der Waals surface area contributed by atoms with E-state index in [1.54, 1.807) is 6.92 Å². The standard InChI is InChI=1S/C10H16N2O5S2/c1-4-18(13,14)12-8-5-7(2)6-9(10(8)17-3)19(11,15)16/h5-6,12H,4H2,1-3H3,(H2,11,15,16). The van der Waals surface area contributed by atoms with Crippen LogP contribution in [0.25, 0.3) is 0 Å². The molecule has 0 aromatic heterocycles. The largest absolute Gasteiger partial charge is 0.493 e. The third-order valence-corrected chi connectivity index (χ3v) is 4.56. The van der Waals surface area contributed by atoms with Crippen LogP contribution < -0.4 is 14.6 Å². The molecule has 0 bridgehead atoms. The van der Waals surface area contributed by atoms with Crippen molar-refractivity contribution in [1.82, 2.24) is 0 Å². The fraction of sp³-hybridized carbons (Fsp3) is 0.400. The molecular formula is C10H16N2O5S2. The number of benzene rings is 1. The monoisotopic (exact) mass is 308 g/mol. The fourth-order valence-corrected chi connectivity index (χ4v) is 2.91. The molecule has 0 atom stereocenters. The molecule has 0 spiro atoms. The molecule has 0 unspecified atom stereocenters. The first-order valence-corrected chi connectivity index (χ1v) is 8.52. The Morgan fingerprint density at radius 3 is 2.26 bits per heavy atom. The van der Waals surface area contributed by atoms with Gasteiger partial charge in [-0.15, -0.1) is 0 Å². The second-order valence-corrected chi connectivity index (χ2v) is 7.44. The highest BCUT2D eigenvalue weighted by atomic mass is 32.2. The molecule has 1 aromatic carbocycles. The minimum Gasteiger partial charge on any atom is -0.493 e. The van der Waals surface area contributed by atoms with Crippen molar-refractivity contribution in [3.63, 3.8) is 0 Å². The van der Waals surface area contributed by atoms with Gasteiger partial charge in [0, 0.05) is 0 Å². The van der Waals surface area contributed by atoms with Crippen molar-refractivity contribution in [2.75, 3.05) is 17.6 Å². The van der Waals surface area contributed by atoms with E-state index in [4.69, 9.17) is 9.88 Å². The molecule has 0 amide bonds. The van der Waals surface area contributed by atoms with Crippen molar-refractivity contribution in [2.45, 2.75) is 18.7 Å². The van der Waals surface area contributed by atoms with E-state index < -0.39 is 20.0 Å². The Bertz CT molecular complexity index is 680. The molecule has 0 saturated heterocycles. The Balaban J connectivity index is 3.53. The Kier molecular flexibility index (Phi) is 4.43. The van der Waals surface area contributed by atoms with Gasteiger partial charge in [0.2, 0.25) is 20.0 Å². The van der Waals surface area contributed by atoms with Gasteiger partial charge in [0.25, 0.3) is 0 Å². The fourth-order valence-electron chi connectivity index (χ4n) is 1.48. The number of hydrogen-bond donors (Lipinski definition) is 2. The summed E-state index contributed by atoms with van der Waals surface area (Å²) in [5, 5.41) is 5.08. The van der Waals surface area contributed by atoms with E-state index in [0.29, 0.717) is 5.56 Å². The second-order valence-electron chi connectivity index (χ2n) is 3.89. The number of ether oxygens (including phenoxy) is 1. The molecule has 0 aliphatic heterocycles. The van der Waals surface area contributed by atoms with Crippen LogP contribution in [-0.4, -0.2) is 29.7 Å². The number of nitrogens with one attached hydrogen (secondary N) is 1. The molecule has 3 N–H and O–H groups in total. The molecule has 0 radical (unpaired) electrons. The number of primary sulfonamides is 1. The van der Waals surface area contributed by atoms with Gasteiger partial charge < -0.3 is 4.74 Å². The van der Waals surface area contributed by atoms with E-state index in [-0.39, 0.29) is 22.1 Å². The molecule has 0 heterocycles. The summed E-state index contributed by atoms with van der Waals surface area (Å²) >= 11 is 0. The average molecular weight is 308 g/mol. The SMILES string of the molecule is CCS(=O)(=O)Nc1cc(C)cc(S(N)(=O)=O)c1OC. The van der Waals surface area contributed by atoms with Crippen molar-refractivity contribution < 1.29 is 21.6 Å². The first-order chi connectivity index (χ1) is 8.60. The summed E-state index contributed by atoms with van der Waals surface area (Å²) in [6.07, 6.45) is 0. The maximum Gasteiger partial charge on any atom is 0.241 e. The molecular weight excluding hydrogens is 292 g/mol. The first kappa shape index (κ1) is 15.7. The van der Waals surface area contributed by atoms with Gasteiger partial charge in [-0.1, -0.05) is 0 Å². The van der Waals surface area contributed by atoms with Gasteiger partial charge in [0.15, 0.2) is 5.75 Å². The van der Waals surface area contributed by atoms with Crippen molar-refractivity contribution in [3.05, 3.63) is 17.7 Å². The Morgan fingerprint density at radius 2 is 1.84 bits per heavy atom. The minimum atomic E-state index is -4.01. The summed E-state index contributed by atoms with van der Waals surface area (Å²) in [4.78, 5) is -0.260. The summed E-state index contributed by atoms with van der Waals surface area (Å²) in [6.45, 7) is 3.09. The van der Waals surface area contributed by atoms with E-state index in [0.717, 1.165) is 0 Å². The van der Waals surface area contributed by atoms with Crippen LogP contribution in [0.4, 0.5) is 5.69 Å². The van der Waals surface area contributed by atoms with Crippen LogP contribution in [-0.2, 0) is 20.0 Å². The second kappa shape index (κ2) is 5.35. The zero-order valence-electron chi connectivity index (χ0n) is 10.8. The molecule has 1 aromatic rings. The van der Waals surface area contributed by atoms with Crippen molar-refractivity contribution in [1.29, 1.82) is 0 Å². The molecule has 9 heteroatoms. The molecule has 108 valence electrons. The Labute approximate surface area is 112 Å². The topological polar surface area (TPSA) is 116 Å². The van der Waals surface area contributed by atoms with Crippen molar-refractivity contribution in [2.24, 2.45) is 5.14 Å². The number of sulfonamides is 2. The normalized spacial score (nSPS) is 12.2. The van der Waals surface area contributed by atoms with Crippen LogP contribution in [0, 0.1) is 6.92 Å². The molecule has 0 aliphatic rings. The first-order valence-electron chi connectivity index (χ1n) is 5.32. The van der Waals surface area contributed by atoms with Gasteiger partial charge in [0.05, 0.1) is 18.6 Å². The third kappa shape index (κ3) is 3.82. The van der Waals surface area contributed by atoms with Gasteiger partial charge in [0.1, 0.15) is 4.90 Å². The van der Waals surface area contributed by atoms with E-state index in [2.05, 4.69) is 4.72 Å². The number of methoxy groups -OCH3 is 1. The van der Waals surface area contributed by atoms with Gasteiger partial charge in [-0.25, -0.2) is 22.0 Å². The van der Waals surface area contributed by atoms with Gasteiger partial charge >= 0.3 is 0 Å². The van der Waals surface area contributed by atoms with Gasteiger partial charge in [-0.2, -0.15) is 0 Å². The maximum atomic E-state index is 11.6. The summed E-state index contributed by atoms with van der Waals surface area (Å²) in [7, 11) is -6.32. The molecule has 0 aliphatic carbocycles. The van der Waals surface area contributed by atoms with Crippen LogP contribution in [0.1, 0.15) is 12.5 Å². The molecule has 19 heavy (non-hydrogen) atoms. The predicted octanol–water partition coefficient (Wildman–Crippen LogP) is 0.413. The van der Waals surface area contributed by atoms with E-state index >= 15 is 0 Å². The minimum absolute atomic E-state index is 0.0494. The quantitative estimate of drug-likeness (QED) is 0.817. The smallest absolute Gasteiger partial charge is 0.241 e. The number of hydrogen-bond acceptors (Lipinski definition) is 5. The number of aryl methyl sites for hydroxylation is 1. The highest BCUT2D eigenvalue weighted by molar-refractivity contribution is 7.92. The number of anilines is 1. The average Bonchev–Trinajstić information content (AvgIpc) is 2.26. The number of nitrogens with two attached hydrogens (primary N) is 1. The zero-order chi connectivity index (χ0) is 14.8. The molecule has 1 rings (SSSR count). The van der Waals surface area contributed by atoms with E-state index in [1.165, 1.54) is 26.2 Å². The van der Waals surface area contributed by atoms with Gasteiger partial charge in [-0.05, 0) is 31.5 Å². The predicted molar refractivity (Wildman–Crippen MR) is 72.2 cm³/mol. The highest BCUT2D eigenvalue weighted by Crippen LogP contribution is 2.33. The Morgan fingerprint density at radius 1 is 1.26 bits per heavy atom. The van der Waals surface area contributed by atoms with Crippen LogP contribution in [0.3, 0.4) is 0 Å². The van der Waals surface area contributed by atoms with E-state index in [9.17, 15) is 16.8 Å².